The molecule has 0 bridgehead atoms. The molecule has 0 spiro atoms. The van der Waals surface area contributed by atoms with Crippen molar-refractivity contribution in [2.45, 2.75) is 45.3 Å². The van der Waals surface area contributed by atoms with E-state index in [1.807, 2.05) is 0 Å². The summed E-state index contributed by atoms with van der Waals surface area (Å²) >= 11 is 1.61. The summed E-state index contributed by atoms with van der Waals surface area (Å²) in [5, 5.41) is 1.14. The van der Waals surface area contributed by atoms with Crippen LogP contribution in [0.25, 0.3) is 20.4 Å². The number of pyridine rings is 1. The van der Waals surface area contributed by atoms with Crippen molar-refractivity contribution in [2.75, 3.05) is 23.4 Å². The second-order valence-electron chi connectivity index (χ2n) is 7.64. The smallest absolute Gasteiger partial charge is 0.161 e. The first-order valence-corrected chi connectivity index (χ1v) is 9.83. The molecule has 3 N–H and O–H groups in total. The molecular formula is C18H22N6OS. The Morgan fingerprint density at radius 2 is 2.04 bits per heavy atom. The molecule has 0 saturated carbocycles. The zero-order valence-corrected chi connectivity index (χ0v) is 15.8. The first-order valence-electron chi connectivity index (χ1n) is 9.02. The topological polar surface area (TPSA) is 89.2 Å². The third kappa shape index (κ3) is 2.36. The van der Waals surface area contributed by atoms with Gasteiger partial charge in [-0.15, -0.1) is 11.3 Å². The van der Waals surface area contributed by atoms with Crippen LogP contribution in [-0.4, -0.2) is 33.6 Å². The lowest BCUT2D eigenvalue weighted by Crippen LogP contribution is -2.33. The first-order chi connectivity index (χ1) is 12.6. The Morgan fingerprint density at radius 1 is 1.23 bits per heavy atom. The molecule has 3 aromatic heterocycles. The maximum atomic E-state index is 6.15. The Morgan fingerprint density at radius 3 is 2.81 bits per heavy atom. The second kappa shape index (κ2) is 5.73. The molecule has 8 heteroatoms. The molecule has 5 rings (SSSR count). The van der Waals surface area contributed by atoms with E-state index in [-0.39, 0.29) is 5.60 Å². The predicted octanol–water partition coefficient (Wildman–Crippen LogP) is 2.98. The normalized spacial score (nSPS) is 19.3. The highest BCUT2D eigenvalue weighted by atomic mass is 32.1. The highest BCUT2D eigenvalue weighted by Crippen LogP contribution is 2.44. The summed E-state index contributed by atoms with van der Waals surface area (Å²) in [7, 11) is 0. The van der Waals surface area contributed by atoms with Crippen molar-refractivity contribution in [3.8, 4) is 0 Å². The molecule has 2 aliphatic rings. The van der Waals surface area contributed by atoms with E-state index in [1.54, 1.807) is 17.7 Å². The maximum Gasteiger partial charge on any atom is 0.161 e. The molecule has 136 valence electrons. The summed E-state index contributed by atoms with van der Waals surface area (Å²) in [6.07, 6.45) is 4.86. The van der Waals surface area contributed by atoms with E-state index in [4.69, 9.17) is 15.6 Å². The van der Waals surface area contributed by atoms with E-state index < -0.39 is 0 Å². The van der Waals surface area contributed by atoms with Crippen LogP contribution in [0.5, 0.6) is 0 Å². The van der Waals surface area contributed by atoms with Gasteiger partial charge >= 0.3 is 0 Å². The summed E-state index contributed by atoms with van der Waals surface area (Å²) in [4.78, 5) is 17.3. The highest BCUT2D eigenvalue weighted by molar-refractivity contribution is 7.26. The minimum Gasteiger partial charge on any atom is -0.370 e. The third-order valence-electron chi connectivity index (χ3n) is 5.35. The fourth-order valence-electron chi connectivity index (χ4n) is 4.08. The number of hydrogen-bond donors (Lipinski definition) is 2. The lowest BCUT2D eigenvalue weighted by molar-refractivity contribution is -0.0395. The van der Waals surface area contributed by atoms with Crippen molar-refractivity contribution in [1.29, 1.82) is 0 Å². The van der Waals surface area contributed by atoms with E-state index in [0.29, 0.717) is 12.4 Å². The molecule has 0 radical (unpaired) electrons. The largest absolute Gasteiger partial charge is 0.370 e. The molecule has 2 aliphatic heterocycles. The number of ether oxygens (including phenoxy) is 1. The van der Waals surface area contributed by atoms with Crippen LogP contribution in [0.4, 0.5) is 11.6 Å². The molecule has 1 saturated heterocycles. The van der Waals surface area contributed by atoms with Crippen LogP contribution in [0.2, 0.25) is 0 Å². The summed E-state index contributed by atoms with van der Waals surface area (Å²) in [6.45, 7) is 7.02. The summed E-state index contributed by atoms with van der Waals surface area (Å²) in [6, 6.07) is 0. The molecule has 0 aliphatic carbocycles. The maximum absolute atomic E-state index is 6.15. The van der Waals surface area contributed by atoms with Crippen LogP contribution in [0.15, 0.2) is 6.33 Å². The fraction of sp³-hybridized carbons (Fsp3) is 0.500. The van der Waals surface area contributed by atoms with E-state index in [2.05, 4.69) is 34.1 Å². The van der Waals surface area contributed by atoms with Crippen LogP contribution in [0.3, 0.4) is 0 Å². The standard InChI is InChI=1S/C18H22N6OS/c1-18(2)7-10-11(8-25-18)16(24-5-3-4-6-24)22-17-12(10)13-14(26-17)15(23-19)21-9-20-13/h9H,3-8,19H2,1-2H3,(H,20,21,23). The highest BCUT2D eigenvalue weighted by Gasteiger charge is 2.33. The molecule has 1 fully saturated rings. The van der Waals surface area contributed by atoms with Crippen LogP contribution < -0.4 is 16.2 Å². The molecule has 0 amide bonds. The van der Waals surface area contributed by atoms with Crippen LogP contribution in [-0.2, 0) is 17.8 Å². The van der Waals surface area contributed by atoms with E-state index in [9.17, 15) is 0 Å². The molecule has 26 heavy (non-hydrogen) atoms. The van der Waals surface area contributed by atoms with Gasteiger partial charge in [-0.2, -0.15) is 0 Å². The minimum absolute atomic E-state index is 0.195. The molecule has 7 nitrogen and oxygen atoms in total. The number of thiophene rings is 1. The second-order valence-corrected chi connectivity index (χ2v) is 8.64. The molecule has 3 aromatic rings. The average Bonchev–Trinajstić information content (AvgIpc) is 3.27. The van der Waals surface area contributed by atoms with Crippen LogP contribution >= 0.6 is 11.3 Å². The number of rotatable bonds is 2. The molecule has 0 aromatic carbocycles. The van der Waals surface area contributed by atoms with Crippen molar-refractivity contribution in [1.82, 2.24) is 15.0 Å². The van der Waals surface area contributed by atoms with E-state index in [1.165, 1.54) is 24.0 Å². The van der Waals surface area contributed by atoms with Crippen molar-refractivity contribution in [3.05, 3.63) is 17.5 Å². The van der Waals surface area contributed by atoms with Gasteiger partial charge in [-0.05, 0) is 32.3 Å². The lowest BCUT2D eigenvalue weighted by atomic mass is 9.90. The van der Waals surface area contributed by atoms with Gasteiger partial charge in [0.2, 0.25) is 0 Å². The number of anilines is 2. The van der Waals surface area contributed by atoms with Gasteiger partial charge in [-0.1, -0.05) is 0 Å². The quantitative estimate of drug-likeness (QED) is 0.529. The SMILES string of the molecule is CC1(C)Cc2c(c(N3CCCC3)nc3sc4c(NN)ncnc4c23)CO1. The zero-order chi connectivity index (χ0) is 17.9. The minimum atomic E-state index is -0.195. The van der Waals surface area contributed by atoms with Gasteiger partial charge in [-0.25, -0.2) is 20.8 Å². The van der Waals surface area contributed by atoms with Crippen molar-refractivity contribution >= 4 is 43.4 Å². The first kappa shape index (κ1) is 16.2. The lowest BCUT2D eigenvalue weighted by Gasteiger charge is -2.34. The Hall–Kier alpha value is -2.03. The number of fused-ring (bicyclic) bond motifs is 5. The van der Waals surface area contributed by atoms with Gasteiger partial charge < -0.3 is 15.1 Å². The zero-order valence-electron chi connectivity index (χ0n) is 15.0. The van der Waals surface area contributed by atoms with Crippen molar-refractivity contribution in [3.63, 3.8) is 0 Å². The van der Waals surface area contributed by atoms with Crippen LogP contribution in [0.1, 0.15) is 37.8 Å². The van der Waals surface area contributed by atoms with Gasteiger partial charge in [-0.3, -0.25) is 0 Å². The summed E-state index contributed by atoms with van der Waals surface area (Å²) in [5.41, 5.74) is 5.97. The number of nitrogen functional groups attached to an aromatic ring is 1. The number of nitrogens with two attached hydrogens (primary N) is 1. The van der Waals surface area contributed by atoms with Gasteiger partial charge in [0, 0.05) is 30.5 Å². The predicted molar refractivity (Wildman–Crippen MR) is 105 cm³/mol. The van der Waals surface area contributed by atoms with E-state index in [0.717, 1.165) is 45.8 Å². The third-order valence-corrected chi connectivity index (χ3v) is 6.43. The Bertz CT molecular complexity index is 1010. The Kier molecular flexibility index (Phi) is 3.57. The molecule has 0 atom stereocenters. The fourth-order valence-corrected chi connectivity index (χ4v) is 5.19. The number of nitrogens with one attached hydrogen (secondary N) is 1. The van der Waals surface area contributed by atoms with Gasteiger partial charge in [0.25, 0.3) is 0 Å². The van der Waals surface area contributed by atoms with Crippen molar-refractivity contribution in [2.24, 2.45) is 5.84 Å². The number of aromatic nitrogens is 3. The number of nitrogens with zero attached hydrogens (tertiary/aromatic N) is 4. The number of hydrogen-bond acceptors (Lipinski definition) is 8. The van der Waals surface area contributed by atoms with Crippen molar-refractivity contribution < 1.29 is 4.74 Å². The monoisotopic (exact) mass is 370 g/mol. The van der Waals surface area contributed by atoms with Gasteiger partial charge in [0.1, 0.15) is 17.0 Å². The number of hydrazine groups is 1. The average molecular weight is 370 g/mol. The van der Waals surface area contributed by atoms with Crippen LogP contribution in [0, 0.1) is 0 Å². The van der Waals surface area contributed by atoms with Gasteiger partial charge in [0.05, 0.1) is 22.4 Å². The van der Waals surface area contributed by atoms with Gasteiger partial charge in [0.15, 0.2) is 5.82 Å². The molecule has 0 unspecified atom stereocenters. The Labute approximate surface area is 155 Å². The molecular weight excluding hydrogens is 348 g/mol. The summed E-state index contributed by atoms with van der Waals surface area (Å²) < 4.78 is 7.11. The molecule has 5 heterocycles. The van der Waals surface area contributed by atoms with E-state index >= 15 is 0 Å². The summed E-state index contributed by atoms with van der Waals surface area (Å²) in [5.74, 6) is 7.40. The Balaban J connectivity index is 1.85.